The first-order valence-electron chi connectivity index (χ1n) is 7.99. The number of thiophene rings is 1. The van der Waals surface area contributed by atoms with Gasteiger partial charge in [-0.1, -0.05) is 23.7 Å². The van der Waals surface area contributed by atoms with Gasteiger partial charge in [0, 0.05) is 23.3 Å². The Morgan fingerprint density at radius 1 is 1.07 bits per heavy atom. The van der Waals surface area contributed by atoms with E-state index in [0.29, 0.717) is 22.0 Å². The maximum atomic E-state index is 12.6. The Hall–Kier alpha value is -2.35. The number of amides is 1. The van der Waals surface area contributed by atoms with Gasteiger partial charge in [-0.15, -0.1) is 11.3 Å². The highest BCUT2D eigenvalue weighted by Gasteiger charge is 2.22. The number of nitrogens with one attached hydrogen (secondary N) is 1. The van der Waals surface area contributed by atoms with E-state index in [2.05, 4.69) is 5.32 Å². The molecule has 27 heavy (non-hydrogen) atoms. The van der Waals surface area contributed by atoms with Gasteiger partial charge in [0.2, 0.25) is 0 Å². The number of hydrogen-bond donors (Lipinski definition) is 1. The lowest BCUT2D eigenvalue weighted by atomic mass is 10.1. The summed E-state index contributed by atoms with van der Waals surface area (Å²) in [6.45, 7) is 1.82. The van der Waals surface area contributed by atoms with E-state index in [1.54, 1.807) is 60.0 Å². The van der Waals surface area contributed by atoms with Crippen LogP contribution in [0.2, 0.25) is 5.02 Å². The van der Waals surface area contributed by atoms with Gasteiger partial charge in [-0.3, -0.25) is 9.10 Å². The summed E-state index contributed by atoms with van der Waals surface area (Å²) >= 11 is 7.23. The molecule has 1 heterocycles. The van der Waals surface area contributed by atoms with Crippen LogP contribution >= 0.6 is 22.9 Å². The Morgan fingerprint density at radius 2 is 1.78 bits per heavy atom. The van der Waals surface area contributed by atoms with Crippen LogP contribution in [0.4, 0.5) is 11.4 Å². The van der Waals surface area contributed by atoms with Gasteiger partial charge in [0.05, 0.1) is 5.69 Å². The fourth-order valence-corrected chi connectivity index (χ4v) is 4.98. The lowest BCUT2D eigenvalue weighted by Gasteiger charge is -2.18. The second kappa shape index (κ2) is 7.72. The van der Waals surface area contributed by atoms with Gasteiger partial charge in [0.25, 0.3) is 15.9 Å². The van der Waals surface area contributed by atoms with E-state index in [4.69, 9.17) is 11.6 Å². The predicted molar refractivity (Wildman–Crippen MR) is 110 cm³/mol. The summed E-state index contributed by atoms with van der Waals surface area (Å²) in [4.78, 5) is 12.5. The van der Waals surface area contributed by atoms with Crippen molar-refractivity contribution in [3.63, 3.8) is 0 Å². The zero-order valence-corrected chi connectivity index (χ0v) is 17.0. The lowest BCUT2D eigenvalue weighted by Crippen LogP contribution is -2.25. The largest absolute Gasteiger partial charge is 0.322 e. The standard InChI is InChI=1S/C19H17ClN2O3S2/c1-13-16(20)5-3-6-17(13)21-19(23)14-8-10-15(11-9-14)22(2)27(24,25)18-7-4-12-26-18/h3-12H,1-2H3,(H,21,23). The van der Waals surface area contributed by atoms with Crippen LogP contribution in [-0.2, 0) is 10.0 Å². The van der Waals surface area contributed by atoms with Gasteiger partial charge in [0.15, 0.2) is 0 Å². The van der Waals surface area contributed by atoms with Crippen molar-refractivity contribution in [3.05, 3.63) is 76.1 Å². The maximum absolute atomic E-state index is 12.6. The quantitative estimate of drug-likeness (QED) is 0.645. The molecule has 0 spiro atoms. The molecule has 8 heteroatoms. The van der Waals surface area contributed by atoms with Gasteiger partial charge in [-0.05, 0) is 60.3 Å². The molecule has 0 radical (unpaired) electrons. The minimum atomic E-state index is -3.60. The number of halogens is 1. The summed E-state index contributed by atoms with van der Waals surface area (Å²) in [5.74, 6) is -0.296. The number of sulfonamides is 1. The molecule has 0 atom stereocenters. The van der Waals surface area contributed by atoms with Crippen LogP contribution in [0.3, 0.4) is 0 Å². The summed E-state index contributed by atoms with van der Waals surface area (Å²) in [7, 11) is -2.12. The van der Waals surface area contributed by atoms with Crippen LogP contribution in [0, 0.1) is 6.92 Å². The fraction of sp³-hybridized carbons (Fsp3) is 0.105. The van der Waals surface area contributed by atoms with Gasteiger partial charge >= 0.3 is 0 Å². The number of benzene rings is 2. The summed E-state index contributed by atoms with van der Waals surface area (Å²) in [6.07, 6.45) is 0. The molecule has 3 rings (SSSR count). The summed E-state index contributed by atoms with van der Waals surface area (Å²) in [5.41, 5.74) is 2.30. The summed E-state index contributed by atoms with van der Waals surface area (Å²) in [5, 5.41) is 5.10. The third-order valence-electron chi connectivity index (χ3n) is 4.12. The van der Waals surface area contributed by atoms with E-state index < -0.39 is 10.0 Å². The molecule has 140 valence electrons. The number of carbonyl (C=O) groups is 1. The van der Waals surface area contributed by atoms with Crippen LogP contribution in [0.15, 0.2) is 64.2 Å². The van der Waals surface area contributed by atoms with Crippen molar-refractivity contribution in [2.75, 3.05) is 16.7 Å². The Labute approximate surface area is 167 Å². The van der Waals surface area contributed by atoms with E-state index in [1.807, 2.05) is 6.92 Å². The third kappa shape index (κ3) is 4.00. The van der Waals surface area contributed by atoms with Crippen molar-refractivity contribution in [1.29, 1.82) is 0 Å². The Balaban J connectivity index is 1.79. The fourth-order valence-electron chi connectivity index (χ4n) is 2.44. The molecule has 1 N–H and O–H groups in total. The van der Waals surface area contributed by atoms with Crippen molar-refractivity contribution in [3.8, 4) is 0 Å². The number of carbonyl (C=O) groups excluding carboxylic acids is 1. The Morgan fingerprint density at radius 3 is 2.41 bits per heavy atom. The average molecular weight is 421 g/mol. The molecule has 0 saturated carbocycles. The van der Waals surface area contributed by atoms with E-state index in [-0.39, 0.29) is 10.1 Å². The van der Waals surface area contributed by atoms with Crippen LogP contribution in [-0.4, -0.2) is 21.4 Å². The van der Waals surface area contributed by atoms with Gasteiger partial charge in [0.1, 0.15) is 4.21 Å². The van der Waals surface area contributed by atoms with E-state index in [0.717, 1.165) is 16.9 Å². The van der Waals surface area contributed by atoms with Crippen LogP contribution in [0.25, 0.3) is 0 Å². The van der Waals surface area contributed by atoms with Gasteiger partial charge in [-0.25, -0.2) is 8.42 Å². The SMILES string of the molecule is Cc1c(Cl)cccc1NC(=O)c1ccc(N(C)S(=O)(=O)c2cccs2)cc1. The molecular weight excluding hydrogens is 404 g/mol. The molecule has 3 aromatic rings. The first kappa shape index (κ1) is 19.4. The first-order valence-corrected chi connectivity index (χ1v) is 10.7. The normalized spacial score (nSPS) is 11.2. The summed E-state index contributed by atoms with van der Waals surface area (Å²) in [6, 6.07) is 14.9. The van der Waals surface area contributed by atoms with E-state index in [9.17, 15) is 13.2 Å². The van der Waals surface area contributed by atoms with Crippen LogP contribution in [0.1, 0.15) is 15.9 Å². The highest BCUT2D eigenvalue weighted by molar-refractivity contribution is 7.94. The van der Waals surface area contributed by atoms with Crippen LogP contribution in [0.5, 0.6) is 0 Å². The van der Waals surface area contributed by atoms with E-state index >= 15 is 0 Å². The number of anilines is 2. The number of rotatable bonds is 5. The lowest BCUT2D eigenvalue weighted by molar-refractivity contribution is 0.102. The average Bonchev–Trinajstić information content (AvgIpc) is 3.20. The molecule has 0 bridgehead atoms. The maximum Gasteiger partial charge on any atom is 0.273 e. The molecule has 0 aliphatic heterocycles. The Bertz CT molecular complexity index is 1060. The molecule has 1 aromatic heterocycles. The number of hydrogen-bond acceptors (Lipinski definition) is 4. The van der Waals surface area contributed by atoms with Crippen molar-refractivity contribution in [2.45, 2.75) is 11.1 Å². The number of nitrogens with zero attached hydrogens (tertiary/aromatic N) is 1. The van der Waals surface area contributed by atoms with Crippen molar-refractivity contribution in [1.82, 2.24) is 0 Å². The predicted octanol–water partition coefficient (Wildman–Crippen LogP) is 4.79. The minimum absolute atomic E-state index is 0.267. The second-order valence-electron chi connectivity index (χ2n) is 5.82. The molecule has 0 aliphatic rings. The smallest absolute Gasteiger partial charge is 0.273 e. The molecule has 5 nitrogen and oxygen atoms in total. The topological polar surface area (TPSA) is 66.5 Å². The molecule has 2 aromatic carbocycles. The van der Waals surface area contributed by atoms with Gasteiger partial charge in [-0.2, -0.15) is 0 Å². The highest BCUT2D eigenvalue weighted by atomic mass is 35.5. The molecule has 1 amide bonds. The first-order chi connectivity index (χ1) is 12.8. The summed E-state index contributed by atoms with van der Waals surface area (Å²) < 4.78 is 26.6. The van der Waals surface area contributed by atoms with Crippen molar-refractivity contribution < 1.29 is 13.2 Å². The van der Waals surface area contributed by atoms with E-state index in [1.165, 1.54) is 11.4 Å². The monoisotopic (exact) mass is 420 g/mol. The zero-order valence-electron chi connectivity index (χ0n) is 14.6. The third-order valence-corrected chi connectivity index (χ3v) is 7.69. The van der Waals surface area contributed by atoms with Crippen LogP contribution < -0.4 is 9.62 Å². The molecule has 0 saturated heterocycles. The highest BCUT2D eigenvalue weighted by Crippen LogP contribution is 2.26. The molecule has 0 unspecified atom stereocenters. The molecule has 0 fully saturated rings. The zero-order chi connectivity index (χ0) is 19.6. The second-order valence-corrected chi connectivity index (χ2v) is 9.37. The molecular formula is C19H17ClN2O3S2. The van der Waals surface area contributed by atoms with Crippen molar-refractivity contribution >= 4 is 50.2 Å². The minimum Gasteiger partial charge on any atom is -0.322 e. The van der Waals surface area contributed by atoms with Crippen molar-refractivity contribution in [2.24, 2.45) is 0 Å². The Kier molecular flexibility index (Phi) is 5.55. The molecule has 0 aliphatic carbocycles. The van der Waals surface area contributed by atoms with Gasteiger partial charge < -0.3 is 5.32 Å².